The van der Waals surface area contributed by atoms with Crippen molar-refractivity contribution in [1.82, 2.24) is 60.0 Å². The third kappa shape index (κ3) is 20.7. The third-order valence-electron chi connectivity index (χ3n) is 22.7. The maximum Gasteiger partial charge on any atom is 0.417 e. The Bertz CT molecular complexity index is 3440. The molecule has 28 heteroatoms. The first-order valence-electron chi connectivity index (χ1n) is 37.7. The van der Waals surface area contributed by atoms with E-state index in [2.05, 4.69) is 16.0 Å². The molecule has 2 saturated carbocycles. The quantitative estimate of drug-likeness (QED) is 0.181. The number of nitrogens with one attached hydrogen (secondary N) is 3. The number of amides is 12. The van der Waals surface area contributed by atoms with E-state index in [1.807, 2.05) is 20.8 Å². The lowest BCUT2D eigenvalue weighted by Crippen LogP contribution is -2.65. The maximum atomic E-state index is 15.7. The zero-order chi connectivity index (χ0) is 77.7. The smallest absolute Gasteiger partial charge is 0.343 e. The second kappa shape index (κ2) is 37.1. The largest absolute Gasteiger partial charge is 0.417 e. The number of aryl methyl sites for hydroxylation is 1. The maximum absolute atomic E-state index is 15.7. The van der Waals surface area contributed by atoms with Crippen LogP contribution in [0, 0.1) is 23.7 Å². The summed E-state index contributed by atoms with van der Waals surface area (Å²) < 4.78 is 42.0. The predicted octanol–water partition coefficient (Wildman–Crippen LogP) is 7.11. The summed E-state index contributed by atoms with van der Waals surface area (Å²) in [7, 11) is 9.93. The molecule has 3 N–H and O–H groups in total. The van der Waals surface area contributed by atoms with Gasteiger partial charge in [0.1, 0.15) is 59.9 Å². The fraction of sp³-hybridized carbons (Fsp3) is 0.688. The summed E-state index contributed by atoms with van der Waals surface area (Å²) in [5.74, 6) is -9.31. The van der Waals surface area contributed by atoms with Gasteiger partial charge in [-0.1, -0.05) is 141 Å². The minimum absolute atomic E-state index is 0.00526. The summed E-state index contributed by atoms with van der Waals surface area (Å²) >= 11 is 6.20. The van der Waals surface area contributed by atoms with Gasteiger partial charge in [0.05, 0.1) is 23.6 Å². The molecule has 0 bridgehead atoms. The van der Waals surface area contributed by atoms with Crippen LogP contribution < -0.4 is 16.0 Å². The van der Waals surface area contributed by atoms with Crippen LogP contribution in [0.3, 0.4) is 0 Å². The Morgan fingerprint density at radius 1 is 0.629 bits per heavy atom. The van der Waals surface area contributed by atoms with Crippen LogP contribution in [0.1, 0.15) is 181 Å². The number of hydrogen-bond acceptors (Lipinski definition) is 12. The van der Waals surface area contributed by atoms with E-state index < -0.39 is 172 Å². The molecule has 582 valence electrons. The number of likely N-dealkylation sites (N-methyl/N-ethyl adjacent to an activating group) is 7. The van der Waals surface area contributed by atoms with Crippen LogP contribution in [-0.2, 0) is 76.6 Å². The molecule has 2 aromatic carbocycles. The first-order valence-corrected chi connectivity index (χ1v) is 38.1. The molecule has 3 aliphatic heterocycles. The van der Waals surface area contributed by atoms with E-state index in [0.29, 0.717) is 50.8 Å². The molecule has 10 atom stereocenters. The fourth-order valence-electron chi connectivity index (χ4n) is 15.7. The topological polar surface area (TPSA) is 270 Å². The molecular formula is C77H114ClF3N12O12. The van der Waals surface area contributed by atoms with Crippen LogP contribution in [0.2, 0.25) is 5.02 Å². The highest BCUT2D eigenvalue weighted by Crippen LogP contribution is 2.37. The average Bonchev–Trinajstić information content (AvgIpc) is 1.77. The molecule has 1 spiro atoms. The number of carbonyl (C=O) groups is 12. The summed E-state index contributed by atoms with van der Waals surface area (Å²) in [5, 5.41) is 8.18. The third-order valence-corrected chi connectivity index (χ3v) is 23.0. The van der Waals surface area contributed by atoms with Crippen molar-refractivity contribution < 1.29 is 70.7 Å². The van der Waals surface area contributed by atoms with E-state index in [9.17, 15) is 37.1 Å². The monoisotopic (exact) mass is 1490 g/mol. The van der Waals surface area contributed by atoms with E-state index in [4.69, 9.17) is 11.6 Å². The molecule has 0 unspecified atom stereocenters. The van der Waals surface area contributed by atoms with E-state index in [-0.39, 0.29) is 75.3 Å². The van der Waals surface area contributed by atoms with E-state index in [1.54, 1.807) is 56.0 Å². The number of benzene rings is 2. The van der Waals surface area contributed by atoms with E-state index in [0.717, 1.165) is 60.5 Å². The Morgan fingerprint density at radius 3 is 1.82 bits per heavy atom. The van der Waals surface area contributed by atoms with Gasteiger partial charge in [-0.3, -0.25) is 57.5 Å². The molecular weight excluding hydrogens is 1380 g/mol. The highest BCUT2D eigenvalue weighted by atomic mass is 35.5. The van der Waals surface area contributed by atoms with Gasteiger partial charge in [-0.25, -0.2) is 0 Å². The normalized spacial score (nSPS) is 26.5. The molecule has 2 aromatic rings. The number of alkyl halides is 3. The Balaban J connectivity index is 1.33. The molecule has 3 saturated heterocycles. The van der Waals surface area contributed by atoms with Gasteiger partial charge in [0, 0.05) is 75.4 Å². The number of halogens is 4. The SMILES string of the molecule is CC[C@H](C)[C@@H]1NC(=O)[C@H](CC(C)C)N(C)C(=O)C[C@@H](C(=O)N2CCCCC2)N(C)C(=O)[C@H](C(C)C)N(C)C(=O)C2(CCCC2)NC(=O)[C@@H](Cc2ccccc2)N(C)C(=O)[C@H](CCc2ccc(C(F)(F)F)c(Cl)c2)NC(=O)CN(C)C(=O)[C@H](CC2CCCCC2)N(C)C(=O)[C@@H]2CCN2C(=O)[C@H](C)N(C)C1=O. The molecule has 5 fully saturated rings. The number of hydrogen-bond donors (Lipinski definition) is 3. The van der Waals surface area contributed by atoms with Crippen molar-refractivity contribution in [2.75, 3.05) is 75.5 Å². The second-order valence-corrected chi connectivity index (χ2v) is 31.4. The van der Waals surface area contributed by atoms with E-state index >= 15 is 33.6 Å². The van der Waals surface area contributed by atoms with Crippen molar-refractivity contribution in [2.24, 2.45) is 23.7 Å². The molecule has 3 heterocycles. The van der Waals surface area contributed by atoms with Gasteiger partial charge < -0.3 is 60.0 Å². The lowest BCUT2D eigenvalue weighted by molar-refractivity contribution is -0.160. The summed E-state index contributed by atoms with van der Waals surface area (Å²) in [6.45, 7) is 12.5. The van der Waals surface area contributed by atoms with Crippen LogP contribution in [0.15, 0.2) is 48.5 Å². The molecule has 0 radical (unpaired) electrons. The van der Waals surface area contributed by atoms with Crippen LogP contribution in [0.5, 0.6) is 0 Å². The number of carbonyl (C=O) groups excluding carboxylic acids is 12. The van der Waals surface area contributed by atoms with Crippen LogP contribution >= 0.6 is 11.6 Å². The van der Waals surface area contributed by atoms with Crippen molar-refractivity contribution >= 4 is 82.5 Å². The molecule has 24 nitrogen and oxygen atoms in total. The Hall–Kier alpha value is -7.84. The standard InChI is InChI=1S/C77H114ClF3N12O12/c1-15-49(6)64-73(103)86(9)50(7)68(98)93-40-35-57(93)71(101)89(12)60(44-52-29-21-17-22-30-52)70(100)85(8)46-62(94)82-56(34-32-53-31-33-54(55(78)42-53)77(79,80)81)69(99)88(11)59(43-51-27-19-16-20-28-51)67(97)84-76(36-23-24-37-76)75(105)91(14)65(48(4)5)74(104)90(13)61(72(102)92-38-25-18-26-39-92)45-63(95)87(10)58(41-47(2)3)66(96)83-64/h16,19-20,27-28,31,33,42,47-50,52,56-61,64-65H,15,17-18,21-26,29-30,32,34-41,43-46H2,1-14H3,(H,82,94)(H,83,96)(H,84,97)/t49-,50-,56-,57-,58-,59+,60-,61-,64-,65-/m0/s1. The molecule has 2 aliphatic carbocycles. The van der Waals surface area contributed by atoms with Gasteiger partial charge in [-0.2, -0.15) is 13.2 Å². The summed E-state index contributed by atoms with van der Waals surface area (Å²) in [6.07, 6.45) is 2.74. The summed E-state index contributed by atoms with van der Waals surface area (Å²) in [6, 6.07) is 0.413. The molecule has 12 amide bonds. The van der Waals surface area contributed by atoms with E-state index in [1.165, 1.54) is 91.7 Å². The van der Waals surface area contributed by atoms with Gasteiger partial charge in [-0.15, -0.1) is 0 Å². The van der Waals surface area contributed by atoms with Crippen molar-refractivity contribution in [3.63, 3.8) is 0 Å². The highest BCUT2D eigenvalue weighted by molar-refractivity contribution is 6.31. The van der Waals surface area contributed by atoms with Gasteiger partial charge >= 0.3 is 6.18 Å². The number of likely N-dealkylation sites (tertiary alicyclic amines) is 1. The Morgan fingerprint density at radius 2 is 1.25 bits per heavy atom. The number of rotatable bonds is 13. The van der Waals surface area contributed by atoms with Crippen molar-refractivity contribution in [2.45, 2.75) is 243 Å². The highest BCUT2D eigenvalue weighted by Gasteiger charge is 2.51. The number of nitrogens with zero attached hydrogens (tertiary/aromatic N) is 9. The van der Waals surface area contributed by atoms with Crippen LogP contribution in [-0.4, -0.2) is 250 Å². The first-order chi connectivity index (χ1) is 49.4. The minimum atomic E-state index is -4.78. The summed E-state index contributed by atoms with van der Waals surface area (Å²) in [5.41, 5.74) is -1.88. The van der Waals surface area contributed by atoms with Crippen molar-refractivity contribution in [1.29, 1.82) is 0 Å². The minimum Gasteiger partial charge on any atom is -0.343 e. The summed E-state index contributed by atoms with van der Waals surface area (Å²) in [4.78, 5) is 193. The lowest BCUT2D eigenvalue weighted by atomic mass is 9.84. The van der Waals surface area contributed by atoms with Crippen molar-refractivity contribution in [3.05, 3.63) is 70.2 Å². The number of piperidine rings is 1. The van der Waals surface area contributed by atoms with Crippen molar-refractivity contribution in [3.8, 4) is 0 Å². The molecule has 105 heavy (non-hydrogen) atoms. The van der Waals surface area contributed by atoms with Gasteiger partial charge in [-0.05, 0) is 118 Å². The number of fused-ring (bicyclic) bond motifs is 1. The fourth-order valence-corrected chi connectivity index (χ4v) is 16.0. The Labute approximate surface area is 622 Å². The van der Waals surface area contributed by atoms with Crippen LogP contribution in [0.4, 0.5) is 13.2 Å². The van der Waals surface area contributed by atoms with Crippen LogP contribution in [0.25, 0.3) is 0 Å². The molecule has 7 rings (SSSR count). The average molecular weight is 1490 g/mol. The zero-order valence-electron chi connectivity index (χ0n) is 64.0. The van der Waals surface area contributed by atoms with Gasteiger partial charge in [0.25, 0.3) is 0 Å². The molecule has 5 aliphatic rings. The Kier molecular flexibility index (Phi) is 29.8. The predicted molar refractivity (Wildman–Crippen MR) is 391 cm³/mol. The second-order valence-electron chi connectivity index (χ2n) is 30.9. The first kappa shape index (κ1) is 84.4. The lowest BCUT2D eigenvalue weighted by Gasteiger charge is -2.45. The molecule has 0 aromatic heterocycles. The van der Waals surface area contributed by atoms with Gasteiger partial charge in [0.15, 0.2) is 0 Å². The van der Waals surface area contributed by atoms with Gasteiger partial charge in [0.2, 0.25) is 70.9 Å². The zero-order valence-corrected chi connectivity index (χ0v) is 64.8.